The van der Waals surface area contributed by atoms with Crippen molar-refractivity contribution in [2.24, 2.45) is 0 Å². The summed E-state index contributed by atoms with van der Waals surface area (Å²) in [6.45, 7) is 3.22. The number of nitrogens with zero attached hydrogens (tertiary/aromatic N) is 2. The summed E-state index contributed by atoms with van der Waals surface area (Å²) >= 11 is 0. The summed E-state index contributed by atoms with van der Waals surface area (Å²) in [4.78, 5) is 110. The number of likely N-dealkylation sites (N-methyl/N-ethyl adjacent to an activating group) is 1. The first-order valence-electron chi connectivity index (χ1n) is 30.1. The monoisotopic (exact) mass is 1230 g/mol. The van der Waals surface area contributed by atoms with Crippen molar-refractivity contribution in [3.8, 4) is 57.1 Å². The molecule has 466 valence electrons. The molecule has 0 radical (unpaired) electrons. The van der Waals surface area contributed by atoms with Gasteiger partial charge in [0, 0.05) is 68.4 Å². The van der Waals surface area contributed by atoms with Gasteiger partial charge in [0.25, 0.3) is 0 Å². The minimum absolute atomic E-state index is 0.00341. The maximum absolute atomic E-state index is 15.9. The number of likely N-dealkylation sites (tertiary alicyclic amines) is 1. The third-order valence-corrected chi connectivity index (χ3v) is 17.6. The predicted molar refractivity (Wildman–Crippen MR) is 334 cm³/mol. The van der Waals surface area contributed by atoms with Gasteiger partial charge < -0.3 is 76.2 Å². The highest BCUT2D eigenvalue weighted by Crippen LogP contribution is 2.44. The number of amides is 7. The van der Waals surface area contributed by atoms with Crippen LogP contribution in [0.25, 0.3) is 22.0 Å². The number of hydrogen-bond donors (Lipinski definition) is 11. The number of fused-ring (bicyclic) bond motifs is 14. The highest BCUT2D eigenvalue weighted by Gasteiger charge is 2.40. The number of rotatable bonds is 9. The molecule has 11 N–H and O–H groups in total. The predicted octanol–water partition coefficient (Wildman–Crippen LogP) is 6.70. The fourth-order valence-corrected chi connectivity index (χ4v) is 12.4. The Bertz CT molecular complexity index is 4130. The van der Waals surface area contributed by atoms with E-state index in [4.69, 9.17) is 9.47 Å². The molecule has 91 heavy (non-hydrogen) atoms. The zero-order chi connectivity index (χ0) is 63.7. The van der Waals surface area contributed by atoms with Crippen LogP contribution in [0.4, 0.5) is 0 Å². The summed E-state index contributed by atoms with van der Waals surface area (Å²) < 4.78 is 13.6. The van der Waals surface area contributed by atoms with Crippen molar-refractivity contribution in [3.05, 3.63) is 191 Å². The van der Waals surface area contributed by atoms with Gasteiger partial charge in [-0.15, -0.1) is 0 Å². The average Bonchev–Trinajstić information content (AvgIpc) is 1.82. The molecule has 7 aliphatic heterocycles. The van der Waals surface area contributed by atoms with Crippen molar-refractivity contribution in [3.63, 3.8) is 0 Å². The summed E-state index contributed by atoms with van der Waals surface area (Å²) in [7, 11) is 3.60. The maximum Gasteiger partial charge on any atom is 0.250 e. The van der Waals surface area contributed by atoms with Gasteiger partial charge in [-0.2, -0.15) is 0 Å². The van der Waals surface area contributed by atoms with Crippen LogP contribution in [0, 0.1) is 0 Å². The van der Waals surface area contributed by atoms with Crippen molar-refractivity contribution in [2.45, 2.75) is 74.8 Å². The van der Waals surface area contributed by atoms with E-state index in [0.29, 0.717) is 46.1 Å². The van der Waals surface area contributed by atoms with Gasteiger partial charge >= 0.3 is 0 Å². The molecule has 8 aromatic rings. The normalized spacial score (nSPS) is 20.6. The molecule has 1 saturated heterocycles. The summed E-state index contributed by atoms with van der Waals surface area (Å²) in [6.07, 6.45) is 4.20. The molecular weight excluding hydrogens is 1160 g/mol. The number of benzene rings is 7. The molecule has 22 nitrogen and oxygen atoms in total. The zero-order valence-electron chi connectivity index (χ0n) is 49.8. The van der Waals surface area contributed by atoms with Crippen LogP contribution in [0.3, 0.4) is 0 Å². The van der Waals surface area contributed by atoms with Gasteiger partial charge in [-0.25, -0.2) is 0 Å². The number of quaternary nitrogens is 1. The number of aromatic amines is 1. The lowest BCUT2D eigenvalue weighted by atomic mass is 9.94. The summed E-state index contributed by atoms with van der Waals surface area (Å²) in [6, 6.07) is 27.3. The molecule has 15 bridgehead atoms. The van der Waals surface area contributed by atoms with Crippen molar-refractivity contribution < 1.29 is 67.9 Å². The van der Waals surface area contributed by atoms with Crippen LogP contribution >= 0.6 is 0 Å². The second-order valence-corrected chi connectivity index (χ2v) is 24.0. The van der Waals surface area contributed by atoms with Gasteiger partial charge in [0.1, 0.15) is 59.2 Å². The number of phenolic OH excluding ortho intramolecular Hbond substituents is 4. The molecule has 0 unspecified atom stereocenters. The van der Waals surface area contributed by atoms with E-state index >= 15 is 19.2 Å². The lowest BCUT2D eigenvalue weighted by molar-refractivity contribution is -0.897. The quantitative estimate of drug-likeness (QED) is 0.0530. The number of ether oxygens (including phenoxy) is 2. The van der Waals surface area contributed by atoms with Crippen LogP contribution in [0.15, 0.2) is 152 Å². The fourth-order valence-electron chi connectivity index (χ4n) is 12.4. The van der Waals surface area contributed by atoms with Gasteiger partial charge in [0.15, 0.2) is 23.0 Å². The van der Waals surface area contributed by atoms with Crippen molar-refractivity contribution in [1.29, 1.82) is 0 Å². The Morgan fingerprint density at radius 3 is 1.95 bits per heavy atom. The summed E-state index contributed by atoms with van der Waals surface area (Å²) in [5.74, 6) is -6.09. The topological polar surface area (TPSA) is 310 Å². The van der Waals surface area contributed by atoms with Crippen LogP contribution in [0.2, 0.25) is 0 Å². The lowest BCUT2D eigenvalue weighted by Gasteiger charge is -2.33. The van der Waals surface area contributed by atoms with Crippen LogP contribution < -0.4 is 41.4 Å². The van der Waals surface area contributed by atoms with E-state index in [-0.39, 0.29) is 93.1 Å². The molecular formula is C69H68N9O13+. The van der Waals surface area contributed by atoms with E-state index in [2.05, 4.69) is 43.9 Å². The van der Waals surface area contributed by atoms with Crippen LogP contribution in [-0.4, -0.2) is 129 Å². The Hall–Kier alpha value is -10.9. The SMILES string of the molecule is CN1C(=O)[C@@H]2NC(=O)[C@@H]3NC(=O)[C@@H](c4ccc(O)cc4)NC(=O)[C@H](NC(=O)Cc4ccc(O)cc4)Cc4c[nH]c5cc(ccc45)-c4cc3cc(c4O)Oc3ccc(cc3)C[C@H]1C(=O)N[C@@H](C(=O)NCCC[N+]1(C)CCCC1)c1ccc(O)c(c1)Oc1ccc2cc1. The molecule has 0 aliphatic carbocycles. The lowest BCUT2D eigenvalue weighted by Crippen LogP contribution is -2.55. The second-order valence-electron chi connectivity index (χ2n) is 24.0. The highest BCUT2D eigenvalue weighted by molar-refractivity contribution is 6.00. The molecule has 15 rings (SSSR count). The Morgan fingerprint density at radius 1 is 0.626 bits per heavy atom. The van der Waals surface area contributed by atoms with Crippen molar-refractivity contribution >= 4 is 52.3 Å². The van der Waals surface area contributed by atoms with Crippen LogP contribution in [0.1, 0.15) is 82.4 Å². The Labute approximate surface area is 522 Å². The number of H-pyrrole nitrogens is 1. The summed E-state index contributed by atoms with van der Waals surface area (Å²) in [5, 5.41) is 61.9. The third kappa shape index (κ3) is 13.2. The number of carbonyl (C=O) groups is 7. The van der Waals surface area contributed by atoms with E-state index in [1.54, 1.807) is 60.8 Å². The molecule has 1 fully saturated rings. The Balaban J connectivity index is 0.970. The number of hydrogen-bond acceptors (Lipinski definition) is 13. The standard InChI is InChI=1S/C69H67N9O13/c1-77-54-30-38-8-20-48(21-9-38)91-57-36-44-32-51(63(57)83)42-14-24-50-45(37-71-52(50)33-42)34-53(72-58(82)31-39-6-16-46(79)17-7-39)64(84)73-59(40-10-18-47(80)19-11-40)67(87)75-61(44)68(88)76-62(69(77)89)41-12-22-49(23-13-41)90-56-35-43(15-25-55(56)81)60(74-65(54)85)66(86)70-26-5-29-78(2)27-3-4-28-78/h6-25,32-33,35-37,53-54,59-62,71H,3-5,26-31,34H2,1-2H3,(H9-,70,72,73,74,75,76,79,80,81,82,83,84,85,86,87,88)/p+1/t53-,54+,59-,60-,61-,62-/m1/s1. The van der Waals surface area contributed by atoms with E-state index in [0.717, 1.165) is 37.0 Å². The minimum Gasteiger partial charge on any atom is -0.508 e. The third-order valence-electron chi connectivity index (χ3n) is 17.6. The Kier molecular flexibility index (Phi) is 16.8. The molecule has 0 saturated carbocycles. The molecule has 6 atom stereocenters. The maximum atomic E-state index is 15.9. The number of aromatic hydroxyl groups is 4. The fraction of sp³-hybridized carbons (Fsp3) is 0.261. The van der Waals surface area contributed by atoms with Gasteiger partial charge in [0.05, 0.1) is 33.1 Å². The largest absolute Gasteiger partial charge is 0.508 e. The number of phenols is 4. The highest BCUT2D eigenvalue weighted by atomic mass is 16.5. The van der Waals surface area contributed by atoms with Crippen LogP contribution in [0.5, 0.6) is 46.0 Å². The van der Waals surface area contributed by atoms with Gasteiger partial charge in [-0.05, 0) is 123 Å². The molecule has 7 aromatic carbocycles. The molecule has 22 heteroatoms. The number of aromatic nitrogens is 1. The van der Waals surface area contributed by atoms with Gasteiger partial charge in [0.2, 0.25) is 41.4 Å². The van der Waals surface area contributed by atoms with Crippen LogP contribution in [-0.2, 0) is 52.8 Å². The van der Waals surface area contributed by atoms with Gasteiger partial charge in [-0.1, -0.05) is 66.7 Å². The van der Waals surface area contributed by atoms with E-state index < -0.39 is 77.6 Å². The second kappa shape index (κ2) is 25.3. The molecule has 8 heterocycles. The molecule has 0 spiro atoms. The molecule has 7 amide bonds. The summed E-state index contributed by atoms with van der Waals surface area (Å²) in [5.41, 5.74) is 3.44. The van der Waals surface area contributed by atoms with Crippen molar-refractivity contribution in [1.82, 2.24) is 41.8 Å². The molecule has 7 aliphatic rings. The van der Waals surface area contributed by atoms with Gasteiger partial charge in [-0.3, -0.25) is 33.6 Å². The number of carbonyl (C=O) groups excluding carboxylic acids is 7. The van der Waals surface area contributed by atoms with Crippen molar-refractivity contribution in [2.75, 3.05) is 40.3 Å². The smallest absolute Gasteiger partial charge is 0.250 e. The molecule has 1 aromatic heterocycles. The first kappa shape index (κ1) is 60.4. The zero-order valence-corrected chi connectivity index (χ0v) is 49.8. The number of nitrogens with one attached hydrogen (secondary N) is 7. The first-order valence-corrected chi connectivity index (χ1v) is 30.1. The first-order chi connectivity index (χ1) is 43.8. The van der Waals surface area contributed by atoms with E-state index in [1.165, 1.54) is 103 Å². The van der Waals surface area contributed by atoms with E-state index in [1.807, 2.05) is 0 Å². The Morgan fingerprint density at radius 2 is 1.23 bits per heavy atom. The minimum atomic E-state index is -1.82. The average molecular weight is 1230 g/mol. The van der Waals surface area contributed by atoms with E-state index in [9.17, 15) is 34.8 Å².